The lowest BCUT2D eigenvalue weighted by Gasteiger charge is -2.35. The minimum absolute atomic E-state index is 0.0720. The average molecular weight is 453 g/mol. The predicted molar refractivity (Wildman–Crippen MR) is 125 cm³/mol. The van der Waals surface area contributed by atoms with Crippen LogP contribution in [0.3, 0.4) is 0 Å². The molecule has 2 heterocycles. The lowest BCUT2D eigenvalue weighted by molar-refractivity contribution is 0.0628. The molecule has 1 aliphatic heterocycles. The number of piperazine rings is 1. The van der Waals surface area contributed by atoms with Gasteiger partial charge in [-0.1, -0.05) is 24.3 Å². The molecule has 1 amide bonds. The number of carbonyl (C=O) groups excluding carboxylic acids is 1. The van der Waals surface area contributed by atoms with E-state index < -0.39 is 10.0 Å². The third kappa shape index (κ3) is 4.98. The van der Waals surface area contributed by atoms with Gasteiger partial charge in [-0.15, -0.1) is 0 Å². The fourth-order valence-corrected chi connectivity index (χ4v) is 5.23. The van der Waals surface area contributed by atoms with E-state index in [0.29, 0.717) is 18.7 Å². The molecule has 1 N–H and O–H groups in total. The van der Waals surface area contributed by atoms with Crippen LogP contribution in [0.1, 0.15) is 29.8 Å². The lowest BCUT2D eigenvalue weighted by atomic mass is 10.1. The van der Waals surface area contributed by atoms with Crippen molar-refractivity contribution in [2.24, 2.45) is 0 Å². The Kier molecular flexibility index (Phi) is 6.55. The molecule has 0 aliphatic carbocycles. The van der Waals surface area contributed by atoms with Crippen LogP contribution in [0, 0.1) is 0 Å². The van der Waals surface area contributed by atoms with Crippen LogP contribution in [0.25, 0.3) is 10.9 Å². The standard InChI is InChI=1S/C24H28N4O3S/c1-18(2)26-32(30,31)22-10-8-20(9-11-22)24(29)28-15-13-27(14-16-28)17-21-6-3-5-19-7-4-12-25-23(19)21/h3-12,18,26H,13-17H2,1-2H3. The third-order valence-corrected chi connectivity index (χ3v) is 7.25. The van der Waals surface area contributed by atoms with E-state index in [-0.39, 0.29) is 16.8 Å². The zero-order valence-electron chi connectivity index (χ0n) is 18.4. The number of hydrogen-bond acceptors (Lipinski definition) is 5. The highest BCUT2D eigenvalue weighted by Crippen LogP contribution is 2.19. The first-order chi connectivity index (χ1) is 15.3. The van der Waals surface area contributed by atoms with Crippen molar-refractivity contribution in [2.75, 3.05) is 26.2 Å². The van der Waals surface area contributed by atoms with Crippen molar-refractivity contribution >= 4 is 26.8 Å². The number of aromatic nitrogens is 1. The van der Waals surface area contributed by atoms with Gasteiger partial charge >= 0.3 is 0 Å². The Labute approximate surface area is 189 Å². The molecule has 0 unspecified atom stereocenters. The Morgan fingerprint density at radius 3 is 2.38 bits per heavy atom. The monoisotopic (exact) mass is 452 g/mol. The van der Waals surface area contributed by atoms with E-state index in [9.17, 15) is 13.2 Å². The normalized spacial score (nSPS) is 15.4. The maximum atomic E-state index is 12.9. The van der Waals surface area contributed by atoms with Crippen molar-refractivity contribution in [1.29, 1.82) is 0 Å². The fraction of sp³-hybridized carbons (Fsp3) is 0.333. The van der Waals surface area contributed by atoms with Crippen molar-refractivity contribution in [3.05, 3.63) is 71.9 Å². The number of nitrogens with zero attached hydrogens (tertiary/aromatic N) is 3. The molecule has 4 rings (SSSR count). The molecule has 7 nitrogen and oxygen atoms in total. The first kappa shape index (κ1) is 22.4. The van der Waals surface area contributed by atoms with E-state index in [2.05, 4.69) is 38.9 Å². The Morgan fingerprint density at radius 2 is 1.69 bits per heavy atom. The molecular formula is C24H28N4O3S. The van der Waals surface area contributed by atoms with Gasteiger partial charge in [-0.3, -0.25) is 14.7 Å². The summed E-state index contributed by atoms with van der Waals surface area (Å²) in [4.78, 5) is 21.8. The molecule has 1 saturated heterocycles. The Morgan fingerprint density at radius 1 is 1.00 bits per heavy atom. The van der Waals surface area contributed by atoms with Crippen molar-refractivity contribution < 1.29 is 13.2 Å². The summed E-state index contributed by atoms with van der Waals surface area (Å²) in [6.07, 6.45) is 1.82. The number of carbonyl (C=O) groups is 1. The maximum Gasteiger partial charge on any atom is 0.253 e. The molecule has 1 fully saturated rings. The maximum absolute atomic E-state index is 12.9. The molecule has 3 aromatic rings. The van der Waals surface area contributed by atoms with Gasteiger partial charge in [0.15, 0.2) is 0 Å². The van der Waals surface area contributed by atoms with Crippen LogP contribution >= 0.6 is 0 Å². The van der Waals surface area contributed by atoms with E-state index in [1.165, 1.54) is 17.7 Å². The SMILES string of the molecule is CC(C)NS(=O)(=O)c1ccc(C(=O)N2CCN(Cc3cccc4cccnc34)CC2)cc1. The molecule has 0 saturated carbocycles. The second-order valence-electron chi connectivity index (χ2n) is 8.36. The molecule has 2 aromatic carbocycles. The zero-order chi connectivity index (χ0) is 22.7. The molecular weight excluding hydrogens is 424 g/mol. The average Bonchev–Trinajstić information content (AvgIpc) is 2.79. The van der Waals surface area contributed by atoms with Crippen LogP contribution in [-0.4, -0.2) is 61.3 Å². The van der Waals surface area contributed by atoms with Gasteiger partial charge in [0.1, 0.15) is 0 Å². The quantitative estimate of drug-likeness (QED) is 0.622. The van der Waals surface area contributed by atoms with Crippen LogP contribution in [0.2, 0.25) is 0 Å². The summed E-state index contributed by atoms with van der Waals surface area (Å²) in [6, 6.07) is 16.2. The summed E-state index contributed by atoms with van der Waals surface area (Å²) in [7, 11) is -3.57. The number of sulfonamides is 1. The molecule has 32 heavy (non-hydrogen) atoms. The van der Waals surface area contributed by atoms with Crippen molar-refractivity contribution in [2.45, 2.75) is 31.3 Å². The number of rotatable bonds is 6. The largest absolute Gasteiger partial charge is 0.336 e. The number of benzene rings is 2. The number of nitrogens with one attached hydrogen (secondary N) is 1. The highest BCUT2D eigenvalue weighted by Gasteiger charge is 2.23. The highest BCUT2D eigenvalue weighted by molar-refractivity contribution is 7.89. The van der Waals surface area contributed by atoms with Crippen LogP contribution in [0.4, 0.5) is 0 Å². The molecule has 0 atom stereocenters. The third-order valence-electron chi connectivity index (χ3n) is 5.57. The number of pyridine rings is 1. The van der Waals surface area contributed by atoms with Crippen molar-refractivity contribution in [3.8, 4) is 0 Å². The molecule has 0 radical (unpaired) electrons. The van der Waals surface area contributed by atoms with Crippen LogP contribution < -0.4 is 4.72 Å². The van der Waals surface area contributed by atoms with Crippen molar-refractivity contribution in [1.82, 2.24) is 19.5 Å². The minimum atomic E-state index is -3.57. The second kappa shape index (κ2) is 9.36. The topological polar surface area (TPSA) is 82.6 Å². The Hall–Kier alpha value is -2.81. The van der Waals surface area contributed by atoms with Gasteiger partial charge in [0.05, 0.1) is 10.4 Å². The molecule has 0 bridgehead atoms. The molecule has 8 heteroatoms. The summed E-state index contributed by atoms with van der Waals surface area (Å²) in [5, 5.41) is 1.13. The van der Waals surface area contributed by atoms with E-state index in [0.717, 1.165) is 30.5 Å². The smallest absolute Gasteiger partial charge is 0.253 e. The van der Waals surface area contributed by atoms with Crippen LogP contribution in [-0.2, 0) is 16.6 Å². The summed E-state index contributed by atoms with van der Waals surface area (Å²) in [5.74, 6) is -0.0720. The van der Waals surface area contributed by atoms with Gasteiger partial charge in [0.2, 0.25) is 10.0 Å². The number of fused-ring (bicyclic) bond motifs is 1. The van der Waals surface area contributed by atoms with Gasteiger partial charge in [-0.05, 0) is 49.7 Å². The van der Waals surface area contributed by atoms with Crippen LogP contribution in [0.15, 0.2) is 65.7 Å². The van der Waals surface area contributed by atoms with Crippen molar-refractivity contribution in [3.63, 3.8) is 0 Å². The summed E-state index contributed by atoms with van der Waals surface area (Å²) in [5.41, 5.74) is 2.71. The fourth-order valence-electron chi connectivity index (χ4n) is 3.98. The van der Waals surface area contributed by atoms with Crippen LogP contribution in [0.5, 0.6) is 0 Å². The summed E-state index contributed by atoms with van der Waals surface area (Å²) < 4.78 is 27.1. The van der Waals surface area contributed by atoms with Gasteiger partial charge < -0.3 is 4.90 Å². The van der Waals surface area contributed by atoms with E-state index >= 15 is 0 Å². The molecule has 168 valence electrons. The predicted octanol–water partition coefficient (Wildman–Crippen LogP) is 2.88. The lowest BCUT2D eigenvalue weighted by Crippen LogP contribution is -2.48. The number of hydrogen-bond donors (Lipinski definition) is 1. The first-order valence-electron chi connectivity index (χ1n) is 10.8. The molecule has 0 spiro atoms. The van der Waals surface area contributed by atoms with E-state index in [1.54, 1.807) is 26.0 Å². The highest BCUT2D eigenvalue weighted by atomic mass is 32.2. The zero-order valence-corrected chi connectivity index (χ0v) is 19.2. The minimum Gasteiger partial charge on any atom is -0.336 e. The van der Waals surface area contributed by atoms with Gasteiger partial charge in [0.25, 0.3) is 5.91 Å². The van der Waals surface area contributed by atoms with Gasteiger partial charge in [-0.2, -0.15) is 0 Å². The second-order valence-corrected chi connectivity index (χ2v) is 10.1. The Bertz CT molecular complexity index is 1200. The summed E-state index contributed by atoms with van der Waals surface area (Å²) in [6.45, 7) is 7.15. The first-order valence-corrected chi connectivity index (χ1v) is 12.3. The molecule has 1 aliphatic rings. The van der Waals surface area contributed by atoms with E-state index in [4.69, 9.17) is 0 Å². The molecule has 1 aromatic heterocycles. The number of amides is 1. The van der Waals surface area contributed by atoms with Gasteiger partial charge in [0, 0.05) is 55.9 Å². The number of para-hydroxylation sites is 1. The van der Waals surface area contributed by atoms with Gasteiger partial charge in [-0.25, -0.2) is 13.1 Å². The Balaban J connectivity index is 1.37. The van der Waals surface area contributed by atoms with E-state index in [1.807, 2.05) is 17.2 Å². The summed E-state index contributed by atoms with van der Waals surface area (Å²) >= 11 is 0.